The molecule has 1 fully saturated rings. The first-order valence-electron chi connectivity index (χ1n) is 12.0. The van der Waals surface area contributed by atoms with Crippen molar-refractivity contribution in [3.63, 3.8) is 0 Å². The second-order valence-corrected chi connectivity index (χ2v) is 9.29. The van der Waals surface area contributed by atoms with Gasteiger partial charge in [0.15, 0.2) is 5.78 Å². The maximum atomic E-state index is 12.2. The van der Waals surface area contributed by atoms with Gasteiger partial charge in [0, 0.05) is 17.9 Å². The summed E-state index contributed by atoms with van der Waals surface area (Å²) < 4.78 is 0. The number of hydrogen-bond donors (Lipinski definition) is 1. The van der Waals surface area contributed by atoms with Crippen LogP contribution in [-0.2, 0) is 4.79 Å². The van der Waals surface area contributed by atoms with Gasteiger partial charge in [0.25, 0.3) is 0 Å². The van der Waals surface area contributed by atoms with Crippen molar-refractivity contribution in [3.05, 3.63) is 59.7 Å². The molecule has 4 nitrogen and oxygen atoms in total. The molecule has 1 unspecified atom stereocenters. The molecule has 0 spiro atoms. The van der Waals surface area contributed by atoms with Crippen LogP contribution in [0.25, 0.3) is 0 Å². The highest BCUT2D eigenvalue weighted by Gasteiger charge is 2.23. The van der Waals surface area contributed by atoms with Crippen LogP contribution in [-0.4, -0.2) is 42.3 Å². The minimum absolute atomic E-state index is 0.0300. The Morgan fingerprint density at radius 2 is 1.81 bits per heavy atom. The number of benzene rings is 1. The van der Waals surface area contributed by atoms with Gasteiger partial charge in [-0.2, -0.15) is 0 Å². The molecule has 1 atom stereocenters. The van der Waals surface area contributed by atoms with E-state index in [1.807, 2.05) is 44.2 Å². The van der Waals surface area contributed by atoms with E-state index in [-0.39, 0.29) is 23.7 Å². The zero-order valence-corrected chi connectivity index (χ0v) is 19.2. The Kier molecular flexibility index (Phi) is 9.08. The van der Waals surface area contributed by atoms with E-state index in [4.69, 9.17) is 0 Å². The smallest absolute Gasteiger partial charge is 0.223 e. The summed E-state index contributed by atoms with van der Waals surface area (Å²) in [6.45, 7) is 7.29. The lowest BCUT2D eigenvalue weighted by Crippen LogP contribution is -2.38. The van der Waals surface area contributed by atoms with Crippen molar-refractivity contribution in [2.75, 3.05) is 19.6 Å². The molecule has 1 saturated heterocycles. The van der Waals surface area contributed by atoms with Gasteiger partial charge in [0.1, 0.15) is 0 Å². The van der Waals surface area contributed by atoms with Crippen LogP contribution >= 0.6 is 0 Å². The number of likely N-dealkylation sites (tertiary alicyclic amines) is 1. The second-order valence-electron chi connectivity index (χ2n) is 9.29. The van der Waals surface area contributed by atoms with Crippen LogP contribution in [0.2, 0.25) is 0 Å². The summed E-state index contributed by atoms with van der Waals surface area (Å²) in [5.41, 5.74) is 2.24. The minimum Gasteiger partial charge on any atom is -0.349 e. The molecule has 3 rings (SSSR count). The zero-order valence-electron chi connectivity index (χ0n) is 19.2. The summed E-state index contributed by atoms with van der Waals surface area (Å²) in [5.74, 6) is 1.03. The van der Waals surface area contributed by atoms with E-state index in [0.29, 0.717) is 12.3 Å². The maximum absolute atomic E-state index is 12.2. The second kappa shape index (κ2) is 12.0. The quantitative estimate of drug-likeness (QED) is 0.418. The molecular weight excluding hydrogens is 384 g/mol. The number of rotatable bonds is 10. The summed E-state index contributed by atoms with van der Waals surface area (Å²) in [6, 6.07) is 9.76. The van der Waals surface area contributed by atoms with Crippen molar-refractivity contribution in [2.24, 2.45) is 11.8 Å². The molecule has 0 bridgehead atoms. The van der Waals surface area contributed by atoms with Gasteiger partial charge in [0.2, 0.25) is 5.91 Å². The monoisotopic (exact) mass is 422 g/mol. The molecule has 1 N–H and O–H groups in total. The zero-order chi connectivity index (χ0) is 22.1. The van der Waals surface area contributed by atoms with Crippen LogP contribution in [0.15, 0.2) is 54.1 Å². The summed E-state index contributed by atoms with van der Waals surface area (Å²) in [4.78, 5) is 26.7. The van der Waals surface area contributed by atoms with Gasteiger partial charge in [-0.15, -0.1) is 0 Å². The normalized spacial score (nSPS) is 20.0. The molecule has 168 valence electrons. The average molecular weight is 423 g/mol. The number of carbonyl (C=O) groups is 2. The van der Waals surface area contributed by atoms with Crippen molar-refractivity contribution in [2.45, 2.75) is 64.8 Å². The standard InChI is InChI=1S/C27H38N2O2/c1-21(2)27(31)28-25-13-9-12-24(20-25)22-15-18-29(19-16-22)17-8-4-7-14-26(30)23-10-5-3-6-11-23/h3,5-6,9-12,20-22,25H,4,7-8,13-19H2,1-2H3,(H,28,31). The molecule has 1 amide bonds. The molecule has 1 aliphatic heterocycles. The van der Waals surface area contributed by atoms with Gasteiger partial charge >= 0.3 is 0 Å². The summed E-state index contributed by atoms with van der Waals surface area (Å²) in [6.07, 6.45) is 13.9. The molecule has 1 aromatic carbocycles. The fourth-order valence-corrected chi connectivity index (χ4v) is 4.48. The minimum atomic E-state index is 0.0300. The molecule has 0 radical (unpaired) electrons. The summed E-state index contributed by atoms with van der Waals surface area (Å²) in [5, 5.41) is 3.15. The Morgan fingerprint density at radius 3 is 2.52 bits per heavy atom. The number of nitrogens with one attached hydrogen (secondary N) is 1. The highest BCUT2D eigenvalue weighted by molar-refractivity contribution is 5.95. The Morgan fingerprint density at radius 1 is 1.06 bits per heavy atom. The molecule has 1 aromatic rings. The van der Waals surface area contributed by atoms with Crippen LogP contribution in [0.3, 0.4) is 0 Å². The largest absolute Gasteiger partial charge is 0.349 e. The Labute approximate surface area is 187 Å². The lowest BCUT2D eigenvalue weighted by Gasteiger charge is -2.34. The van der Waals surface area contributed by atoms with E-state index in [1.165, 1.54) is 24.8 Å². The molecular formula is C27H38N2O2. The number of unbranched alkanes of at least 4 members (excludes halogenated alkanes) is 2. The van der Waals surface area contributed by atoms with Crippen LogP contribution in [0.1, 0.15) is 69.2 Å². The predicted octanol–water partition coefficient (Wildman–Crippen LogP) is 5.17. The highest BCUT2D eigenvalue weighted by Crippen LogP contribution is 2.28. The number of carbonyl (C=O) groups excluding carboxylic acids is 2. The van der Waals surface area contributed by atoms with Gasteiger partial charge in [-0.1, -0.05) is 68.8 Å². The number of allylic oxidation sites excluding steroid dienone is 2. The summed E-state index contributed by atoms with van der Waals surface area (Å²) >= 11 is 0. The Balaban J connectivity index is 1.32. The van der Waals surface area contributed by atoms with E-state index in [9.17, 15) is 9.59 Å². The number of Topliss-reactive ketones (excluding diaryl/α,β-unsaturated/α-hetero) is 1. The van der Waals surface area contributed by atoms with Crippen molar-refractivity contribution in [1.29, 1.82) is 0 Å². The Hall–Kier alpha value is -2.20. The predicted molar refractivity (Wildman–Crippen MR) is 127 cm³/mol. The van der Waals surface area contributed by atoms with Crippen molar-refractivity contribution >= 4 is 11.7 Å². The molecule has 1 aliphatic carbocycles. The number of amides is 1. The van der Waals surface area contributed by atoms with Crippen molar-refractivity contribution in [1.82, 2.24) is 10.2 Å². The SMILES string of the molecule is CC(C)C(=O)NC1C=C(C2CCN(CCCCCC(=O)c3ccccc3)CC2)C=CC1. The molecule has 31 heavy (non-hydrogen) atoms. The van der Waals surface area contributed by atoms with E-state index >= 15 is 0 Å². The van der Waals surface area contributed by atoms with Crippen LogP contribution < -0.4 is 5.32 Å². The van der Waals surface area contributed by atoms with E-state index in [2.05, 4.69) is 28.4 Å². The number of piperidine rings is 1. The first-order valence-corrected chi connectivity index (χ1v) is 12.0. The summed E-state index contributed by atoms with van der Waals surface area (Å²) in [7, 11) is 0. The van der Waals surface area contributed by atoms with Gasteiger partial charge in [-0.3, -0.25) is 9.59 Å². The molecule has 0 aromatic heterocycles. The van der Waals surface area contributed by atoms with Gasteiger partial charge in [0.05, 0.1) is 6.04 Å². The number of ketones is 1. The van der Waals surface area contributed by atoms with Crippen molar-refractivity contribution < 1.29 is 9.59 Å². The van der Waals surface area contributed by atoms with Gasteiger partial charge in [-0.25, -0.2) is 0 Å². The molecule has 4 heteroatoms. The fraction of sp³-hybridized carbons (Fsp3) is 0.556. The first kappa shape index (κ1) is 23.5. The van der Waals surface area contributed by atoms with E-state index in [1.54, 1.807) is 0 Å². The number of nitrogens with zero attached hydrogens (tertiary/aromatic N) is 1. The lowest BCUT2D eigenvalue weighted by atomic mass is 9.85. The third-order valence-corrected chi connectivity index (χ3v) is 6.48. The molecule has 1 heterocycles. The molecule has 0 saturated carbocycles. The third-order valence-electron chi connectivity index (χ3n) is 6.48. The number of hydrogen-bond acceptors (Lipinski definition) is 3. The molecule has 2 aliphatic rings. The van der Waals surface area contributed by atoms with Crippen LogP contribution in [0.5, 0.6) is 0 Å². The van der Waals surface area contributed by atoms with Crippen LogP contribution in [0.4, 0.5) is 0 Å². The van der Waals surface area contributed by atoms with Gasteiger partial charge in [-0.05, 0) is 63.2 Å². The van der Waals surface area contributed by atoms with E-state index < -0.39 is 0 Å². The lowest BCUT2D eigenvalue weighted by molar-refractivity contribution is -0.124. The average Bonchev–Trinajstić information content (AvgIpc) is 2.80. The topological polar surface area (TPSA) is 49.4 Å². The van der Waals surface area contributed by atoms with Crippen molar-refractivity contribution in [3.8, 4) is 0 Å². The first-order chi connectivity index (χ1) is 15.0. The van der Waals surface area contributed by atoms with Crippen LogP contribution in [0, 0.1) is 11.8 Å². The van der Waals surface area contributed by atoms with Gasteiger partial charge < -0.3 is 10.2 Å². The third kappa shape index (κ3) is 7.46. The highest BCUT2D eigenvalue weighted by atomic mass is 16.2. The fourth-order valence-electron chi connectivity index (χ4n) is 4.48. The van der Waals surface area contributed by atoms with E-state index in [0.717, 1.165) is 44.5 Å². The Bertz CT molecular complexity index is 774. The maximum Gasteiger partial charge on any atom is 0.223 e.